The van der Waals surface area contributed by atoms with Gasteiger partial charge < -0.3 is 10.3 Å². The number of amides is 1. The standard InChI is InChI=1S/C17H11F3N2O2/c18-17(19,20)10-6-7-12-14(8-10)21-9-13(15(12)23)16(24)22-11-4-2-1-3-5-11/h1-9H,(H,21,23)(H,22,24). The van der Waals surface area contributed by atoms with E-state index in [2.05, 4.69) is 10.3 Å². The summed E-state index contributed by atoms with van der Waals surface area (Å²) in [6, 6.07) is 11.3. The Bertz CT molecular complexity index is 963. The molecule has 24 heavy (non-hydrogen) atoms. The molecule has 2 aromatic carbocycles. The van der Waals surface area contributed by atoms with Gasteiger partial charge in [-0.2, -0.15) is 13.2 Å². The zero-order valence-electron chi connectivity index (χ0n) is 12.1. The summed E-state index contributed by atoms with van der Waals surface area (Å²) in [7, 11) is 0. The Balaban J connectivity index is 2.00. The fraction of sp³-hybridized carbons (Fsp3) is 0.0588. The molecule has 0 saturated heterocycles. The lowest BCUT2D eigenvalue weighted by molar-refractivity contribution is -0.137. The Morgan fingerprint density at radius 2 is 1.75 bits per heavy atom. The Labute approximate surface area is 133 Å². The number of rotatable bonds is 2. The molecule has 0 aliphatic rings. The first-order valence-corrected chi connectivity index (χ1v) is 6.95. The van der Waals surface area contributed by atoms with E-state index in [0.717, 1.165) is 24.4 Å². The lowest BCUT2D eigenvalue weighted by Gasteiger charge is -2.09. The molecular formula is C17H11F3N2O2. The average Bonchev–Trinajstić information content (AvgIpc) is 2.55. The maximum absolute atomic E-state index is 12.7. The number of H-pyrrole nitrogens is 1. The van der Waals surface area contributed by atoms with E-state index in [4.69, 9.17) is 0 Å². The van der Waals surface area contributed by atoms with E-state index in [-0.39, 0.29) is 16.5 Å². The number of alkyl halides is 3. The first kappa shape index (κ1) is 15.8. The predicted octanol–water partition coefficient (Wildman–Crippen LogP) is 3.80. The summed E-state index contributed by atoms with van der Waals surface area (Å²) in [5.41, 5.74) is -1.15. The van der Waals surface area contributed by atoms with Crippen molar-refractivity contribution in [1.29, 1.82) is 0 Å². The molecule has 2 N–H and O–H groups in total. The molecule has 0 bridgehead atoms. The summed E-state index contributed by atoms with van der Waals surface area (Å²) >= 11 is 0. The van der Waals surface area contributed by atoms with Crippen LogP contribution in [-0.4, -0.2) is 10.9 Å². The molecule has 0 aliphatic heterocycles. The monoisotopic (exact) mass is 332 g/mol. The second-order valence-corrected chi connectivity index (χ2v) is 5.11. The molecule has 0 radical (unpaired) electrons. The summed E-state index contributed by atoms with van der Waals surface area (Å²) in [4.78, 5) is 27.1. The maximum atomic E-state index is 12.7. The number of fused-ring (bicyclic) bond motifs is 1. The average molecular weight is 332 g/mol. The molecule has 0 fully saturated rings. The number of benzene rings is 2. The molecule has 0 atom stereocenters. The Morgan fingerprint density at radius 3 is 2.42 bits per heavy atom. The van der Waals surface area contributed by atoms with Gasteiger partial charge in [0.2, 0.25) is 5.43 Å². The molecule has 0 spiro atoms. The normalized spacial score (nSPS) is 11.5. The molecule has 122 valence electrons. The number of nitrogens with one attached hydrogen (secondary N) is 2. The molecule has 7 heteroatoms. The van der Waals surface area contributed by atoms with Gasteiger partial charge in [-0.05, 0) is 30.3 Å². The van der Waals surface area contributed by atoms with Crippen LogP contribution < -0.4 is 10.7 Å². The van der Waals surface area contributed by atoms with Crippen LogP contribution in [0.15, 0.2) is 59.5 Å². The van der Waals surface area contributed by atoms with Gasteiger partial charge in [-0.3, -0.25) is 9.59 Å². The fourth-order valence-corrected chi connectivity index (χ4v) is 2.29. The van der Waals surface area contributed by atoms with E-state index >= 15 is 0 Å². The van der Waals surface area contributed by atoms with Crippen LogP contribution in [0.25, 0.3) is 10.9 Å². The highest BCUT2D eigenvalue weighted by Crippen LogP contribution is 2.30. The van der Waals surface area contributed by atoms with Gasteiger partial charge in [0.1, 0.15) is 5.56 Å². The highest BCUT2D eigenvalue weighted by atomic mass is 19.4. The number of hydrogen-bond donors (Lipinski definition) is 2. The van der Waals surface area contributed by atoms with Crippen molar-refractivity contribution < 1.29 is 18.0 Å². The van der Waals surface area contributed by atoms with E-state index in [1.807, 2.05) is 0 Å². The number of carbonyl (C=O) groups excluding carboxylic acids is 1. The summed E-state index contributed by atoms with van der Waals surface area (Å²) < 4.78 is 38.1. The number of para-hydroxylation sites is 1. The quantitative estimate of drug-likeness (QED) is 0.750. The van der Waals surface area contributed by atoms with Gasteiger partial charge in [-0.15, -0.1) is 0 Å². The zero-order valence-corrected chi connectivity index (χ0v) is 12.1. The minimum atomic E-state index is -4.51. The molecule has 1 aromatic heterocycles. The van der Waals surface area contributed by atoms with Gasteiger partial charge in [0.05, 0.1) is 5.56 Å². The van der Waals surface area contributed by atoms with Gasteiger partial charge in [-0.1, -0.05) is 18.2 Å². The van der Waals surface area contributed by atoms with Gasteiger partial charge >= 0.3 is 6.18 Å². The van der Waals surface area contributed by atoms with Gasteiger partial charge in [0.25, 0.3) is 5.91 Å². The number of anilines is 1. The predicted molar refractivity (Wildman–Crippen MR) is 84.0 cm³/mol. The lowest BCUT2D eigenvalue weighted by Crippen LogP contribution is -2.22. The summed E-state index contributed by atoms with van der Waals surface area (Å²) in [6.07, 6.45) is -3.39. The Hall–Kier alpha value is -3.09. The third-order valence-electron chi connectivity index (χ3n) is 3.48. The van der Waals surface area contributed by atoms with Crippen LogP contribution in [0.2, 0.25) is 0 Å². The van der Waals surface area contributed by atoms with Gasteiger partial charge in [-0.25, -0.2) is 0 Å². The van der Waals surface area contributed by atoms with Gasteiger partial charge in [0.15, 0.2) is 0 Å². The number of aromatic amines is 1. The third kappa shape index (κ3) is 3.01. The molecule has 0 aliphatic carbocycles. The van der Waals surface area contributed by atoms with Gasteiger partial charge in [0, 0.05) is 22.8 Å². The van der Waals surface area contributed by atoms with E-state index in [0.29, 0.717) is 5.69 Å². The summed E-state index contributed by atoms with van der Waals surface area (Å²) in [5, 5.41) is 2.58. The highest BCUT2D eigenvalue weighted by Gasteiger charge is 2.30. The summed E-state index contributed by atoms with van der Waals surface area (Å²) in [6.45, 7) is 0. The van der Waals surface area contributed by atoms with Crippen molar-refractivity contribution in [2.45, 2.75) is 6.18 Å². The molecule has 3 aromatic rings. The van der Waals surface area contributed by atoms with Crippen LogP contribution >= 0.6 is 0 Å². The van der Waals surface area contributed by atoms with Crippen molar-refractivity contribution in [3.63, 3.8) is 0 Å². The van der Waals surface area contributed by atoms with Crippen molar-refractivity contribution >= 4 is 22.5 Å². The Morgan fingerprint density at radius 1 is 1.04 bits per heavy atom. The van der Waals surface area contributed by atoms with Crippen LogP contribution in [-0.2, 0) is 6.18 Å². The van der Waals surface area contributed by atoms with Crippen LogP contribution in [0.5, 0.6) is 0 Å². The molecular weight excluding hydrogens is 321 g/mol. The maximum Gasteiger partial charge on any atom is 0.416 e. The largest absolute Gasteiger partial charge is 0.416 e. The molecule has 0 saturated carbocycles. The van der Waals surface area contributed by atoms with Crippen molar-refractivity contribution in [3.05, 3.63) is 76.1 Å². The lowest BCUT2D eigenvalue weighted by atomic mass is 10.1. The number of hydrogen-bond acceptors (Lipinski definition) is 2. The van der Waals surface area contributed by atoms with E-state index in [1.165, 1.54) is 0 Å². The van der Waals surface area contributed by atoms with E-state index in [9.17, 15) is 22.8 Å². The Kier molecular flexibility index (Phi) is 3.84. The molecule has 4 nitrogen and oxygen atoms in total. The SMILES string of the molecule is O=C(Nc1ccccc1)c1c[nH]c2cc(C(F)(F)F)ccc2c1=O. The molecule has 3 rings (SSSR count). The number of pyridine rings is 1. The molecule has 1 heterocycles. The van der Waals surface area contributed by atoms with Crippen LogP contribution in [0, 0.1) is 0 Å². The smallest absolute Gasteiger partial charge is 0.360 e. The zero-order chi connectivity index (χ0) is 17.3. The number of halogens is 3. The first-order chi connectivity index (χ1) is 11.4. The van der Waals surface area contributed by atoms with E-state index < -0.39 is 23.1 Å². The fourth-order valence-electron chi connectivity index (χ4n) is 2.29. The second kappa shape index (κ2) is 5.84. The number of aromatic nitrogens is 1. The van der Waals surface area contributed by atoms with Crippen LogP contribution in [0.4, 0.5) is 18.9 Å². The topological polar surface area (TPSA) is 62.0 Å². The molecule has 1 amide bonds. The highest BCUT2D eigenvalue weighted by molar-refractivity contribution is 6.05. The van der Waals surface area contributed by atoms with Crippen molar-refractivity contribution in [2.75, 3.05) is 5.32 Å². The van der Waals surface area contributed by atoms with Crippen molar-refractivity contribution in [1.82, 2.24) is 4.98 Å². The van der Waals surface area contributed by atoms with Crippen LogP contribution in [0.1, 0.15) is 15.9 Å². The van der Waals surface area contributed by atoms with Crippen LogP contribution in [0.3, 0.4) is 0 Å². The summed E-state index contributed by atoms with van der Waals surface area (Å²) in [5.74, 6) is -0.635. The van der Waals surface area contributed by atoms with Crippen molar-refractivity contribution in [3.8, 4) is 0 Å². The third-order valence-corrected chi connectivity index (χ3v) is 3.48. The molecule has 0 unspecified atom stereocenters. The first-order valence-electron chi connectivity index (χ1n) is 6.95. The number of carbonyl (C=O) groups is 1. The minimum absolute atomic E-state index is 0.0173. The van der Waals surface area contributed by atoms with Crippen molar-refractivity contribution in [2.24, 2.45) is 0 Å². The second-order valence-electron chi connectivity index (χ2n) is 5.11. The van der Waals surface area contributed by atoms with E-state index in [1.54, 1.807) is 30.3 Å². The minimum Gasteiger partial charge on any atom is -0.360 e.